The number of nitrogens with zero attached hydrogens (tertiary/aromatic N) is 2. The van der Waals surface area contributed by atoms with Crippen molar-refractivity contribution in [2.45, 2.75) is 25.2 Å². The van der Waals surface area contributed by atoms with Crippen LogP contribution in [-0.4, -0.2) is 21.2 Å². The summed E-state index contributed by atoms with van der Waals surface area (Å²) in [4.78, 5) is 15.1. The Morgan fingerprint density at radius 3 is 2.84 bits per heavy atom. The summed E-state index contributed by atoms with van der Waals surface area (Å²) in [5, 5.41) is 12.7. The van der Waals surface area contributed by atoms with Crippen molar-refractivity contribution < 1.29 is 18.8 Å². The molecule has 1 N–H and O–H groups in total. The molecule has 0 unspecified atom stereocenters. The Labute approximate surface area is 108 Å². The molecule has 0 radical (unpaired) electrons. The molecule has 1 aliphatic carbocycles. The summed E-state index contributed by atoms with van der Waals surface area (Å²) < 4.78 is 18.4. The zero-order valence-electron chi connectivity index (χ0n) is 9.97. The smallest absolute Gasteiger partial charge is 0.338 e. The van der Waals surface area contributed by atoms with Gasteiger partial charge in [0.05, 0.1) is 5.56 Å². The van der Waals surface area contributed by atoms with Crippen LogP contribution >= 0.6 is 0 Å². The summed E-state index contributed by atoms with van der Waals surface area (Å²) in [6, 6.07) is 3.75. The molecule has 1 fully saturated rings. The van der Waals surface area contributed by atoms with Gasteiger partial charge in [-0.25, -0.2) is 9.18 Å². The molecule has 0 aliphatic heterocycles. The fourth-order valence-corrected chi connectivity index (χ4v) is 2.00. The number of benzene rings is 1. The monoisotopic (exact) mass is 262 g/mol. The summed E-state index contributed by atoms with van der Waals surface area (Å²) in [6.07, 6.45) is 3.22. The highest BCUT2D eigenvalue weighted by Crippen LogP contribution is 2.36. The Balaban J connectivity index is 1.95. The van der Waals surface area contributed by atoms with Crippen LogP contribution in [0.3, 0.4) is 0 Å². The number of carbonyl (C=O) groups is 1. The standard InChI is InChI=1S/C13H11FN2O3/c14-10-5-4-8(6-9(10)13(17)18)11-15-12(19-16-11)7-2-1-3-7/h4-7H,1-3H2,(H,17,18). The molecule has 0 amide bonds. The van der Waals surface area contributed by atoms with Gasteiger partial charge in [-0.05, 0) is 31.0 Å². The lowest BCUT2D eigenvalue weighted by atomic mass is 9.85. The zero-order valence-corrected chi connectivity index (χ0v) is 9.97. The van der Waals surface area contributed by atoms with Crippen LogP contribution in [0, 0.1) is 5.82 Å². The lowest BCUT2D eigenvalue weighted by Gasteiger charge is -2.20. The average molecular weight is 262 g/mol. The number of carboxylic acid groups (broad SMARTS) is 1. The van der Waals surface area contributed by atoms with Crippen LogP contribution in [0.25, 0.3) is 11.4 Å². The molecule has 19 heavy (non-hydrogen) atoms. The first-order chi connectivity index (χ1) is 9.15. The second-order valence-corrected chi connectivity index (χ2v) is 4.58. The molecule has 0 atom stereocenters. The van der Waals surface area contributed by atoms with Crippen molar-refractivity contribution in [3.05, 3.63) is 35.5 Å². The summed E-state index contributed by atoms with van der Waals surface area (Å²) in [5.41, 5.74) is 0.0422. The van der Waals surface area contributed by atoms with E-state index >= 15 is 0 Å². The van der Waals surface area contributed by atoms with Gasteiger partial charge in [-0.1, -0.05) is 11.6 Å². The van der Waals surface area contributed by atoms with Crippen molar-refractivity contribution in [3.63, 3.8) is 0 Å². The highest BCUT2D eigenvalue weighted by atomic mass is 19.1. The first kappa shape index (κ1) is 11.8. The molecular weight excluding hydrogens is 251 g/mol. The third-order valence-electron chi connectivity index (χ3n) is 3.35. The molecular formula is C13H11FN2O3. The van der Waals surface area contributed by atoms with Crippen molar-refractivity contribution in [1.82, 2.24) is 10.1 Å². The lowest BCUT2D eigenvalue weighted by molar-refractivity contribution is 0.0692. The molecule has 1 aliphatic rings. The van der Waals surface area contributed by atoms with Gasteiger partial charge in [-0.3, -0.25) is 0 Å². The quantitative estimate of drug-likeness (QED) is 0.920. The molecule has 98 valence electrons. The molecule has 1 heterocycles. The second kappa shape index (κ2) is 4.46. The van der Waals surface area contributed by atoms with E-state index in [1.54, 1.807) is 0 Å². The first-order valence-corrected chi connectivity index (χ1v) is 6.02. The van der Waals surface area contributed by atoms with Crippen molar-refractivity contribution >= 4 is 5.97 Å². The van der Waals surface area contributed by atoms with Gasteiger partial charge >= 0.3 is 5.97 Å². The minimum absolute atomic E-state index is 0.296. The van der Waals surface area contributed by atoms with Crippen LogP contribution in [0.4, 0.5) is 4.39 Å². The van der Waals surface area contributed by atoms with E-state index in [2.05, 4.69) is 10.1 Å². The maximum atomic E-state index is 13.3. The minimum atomic E-state index is -1.32. The molecule has 2 aromatic rings. The molecule has 5 nitrogen and oxygen atoms in total. The first-order valence-electron chi connectivity index (χ1n) is 6.02. The third kappa shape index (κ3) is 2.09. The molecule has 1 saturated carbocycles. The van der Waals surface area contributed by atoms with Gasteiger partial charge in [0.1, 0.15) is 5.82 Å². The van der Waals surface area contributed by atoms with Gasteiger partial charge in [-0.2, -0.15) is 4.98 Å². The topological polar surface area (TPSA) is 76.2 Å². The molecule has 0 spiro atoms. The summed E-state index contributed by atoms with van der Waals surface area (Å²) in [6.45, 7) is 0. The summed E-state index contributed by atoms with van der Waals surface area (Å²) in [5.74, 6) is -0.923. The maximum Gasteiger partial charge on any atom is 0.338 e. The molecule has 1 aromatic heterocycles. The third-order valence-corrected chi connectivity index (χ3v) is 3.35. The molecule has 0 bridgehead atoms. The normalized spacial score (nSPS) is 15.2. The number of rotatable bonds is 3. The van der Waals surface area contributed by atoms with E-state index in [4.69, 9.17) is 9.63 Å². The van der Waals surface area contributed by atoms with E-state index < -0.39 is 17.3 Å². The number of halogens is 1. The van der Waals surface area contributed by atoms with Crippen molar-refractivity contribution in [3.8, 4) is 11.4 Å². The fourth-order valence-electron chi connectivity index (χ4n) is 2.00. The number of hydrogen-bond donors (Lipinski definition) is 1. The highest BCUT2D eigenvalue weighted by molar-refractivity contribution is 5.89. The van der Waals surface area contributed by atoms with Crippen LogP contribution in [0.5, 0.6) is 0 Å². The Morgan fingerprint density at radius 1 is 1.42 bits per heavy atom. The number of hydrogen-bond acceptors (Lipinski definition) is 4. The van der Waals surface area contributed by atoms with Gasteiger partial charge in [0.25, 0.3) is 0 Å². The van der Waals surface area contributed by atoms with Crippen molar-refractivity contribution in [2.75, 3.05) is 0 Å². The van der Waals surface area contributed by atoms with Crippen molar-refractivity contribution in [1.29, 1.82) is 0 Å². The van der Waals surface area contributed by atoms with Crippen molar-refractivity contribution in [2.24, 2.45) is 0 Å². The maximum absolute atomic E-state index is 13.3. The lowest BCUT2D eigenvalue weighted by Crippen LogP contribution is -2.08. The molecule has 0 saturated heterocycles. The average Bonchev–Trinajstić information content (AvgIpc) is 2.76. The summed E-state index contributed by atoms with van der Waals surface area (Å²) in [7, 11) is 0. The largest absolute Gasteiger partial charge is 0.478 e. The predicted octanol–water partition coefficient (Wildman–Crippen LogP) is 2.84. The van der Waals surface area contributed by atoms with E-state index in [9.17, 15) is 9.18 Å². The van der Waals surface area contributed by atoms with E-state index in [0.29, 0.717) is 23.2 Å². The molecule has 1 aromatic carbocycles. The highest BCUT2D eigenvalue weighted by Gasteiger charge is 2.25. The zero-order chi connectivity index (χ0) is 13.4. The van der Waals surface area contributed by atoms with Crippen LogP contribution in [-0.2, 0) is 0 Å². The van der Waals surface area contributed by atoms with Crippen LogP contribution < -0.4 is 0 Å². The minimum Gasteiger partial charge on any atom is -0.478 e. The van der Waals surface area contributed by atoms with Crippen LogP contribution in [0.1, 0.15) is 41.4 Å². The van der Waals surface area contributed by atoms with Gasteiger partial charge in [0.15, 0.2) is 0 Å². The Morgan fingerprint density at radius 2 is 2.21 bits per heavy atom. The van der Waals surface area contributed by atoms with E-state index in [-0.39, 0.29) is 0 Å². The fraction of sp³-hybridized carbons (Fsp3) is 0.308. The number of aromatic nitrogens is 2. The Kier molecular flexibility index (Phi) is 2.77. The molecule has 6 heteroatoms. The SMILES string of the molecule is O=C(O)c1cc(-c2noc(C3CCC3)n2)ccc1F. The Bertz CT molecular complexity index is 635. The van der Waals surface area contributed by atoms with Gasteiger partial charge in [0, 0.05) is 11.5 Å². The second-order valence-electron chi connectivity index (χ2n) is 4.58. The predicted molar refractivity (Wildman–Crippen MR) is 63.2 cm³/mol. The number of carboxylic acids is 1. The van der Waals surface area contributed by atoms with Crippen LogP contribution in [0.15, 0.2) is 22.7 Å². The van der Waals surface area contributed by atoms with E-state index in [0.717, 1.165) is 25.3 Å². The van der Waals surface area contributed by atoms with Crippen LogP contribution in [0.2, 0.25) is 0 Å². The molecule has 3 rings (SSSR count). The van der Waals surface area contributed by atoms with E-state index in [1.165, 1.54) is 12.1 Å². The summed E-state index contributed by atoms with van der Waals surface area (Å²) >= 11 is 0. The Hall–Kier alpha value is -2.24. The van der Waals surface area contributed by atoms with Gasteiger partial charge in [-0.15, -0.1) is 0 Å². The number of aromatic carboxylic acids is 1. The van der Waals surface area contributed by atoms with E-state index in [1.807, 2.05) is 0 Å². The van der Waals surface area contributed by atoms with Gasteiger partial charge in [0.2, 0.25) is 11.7 Å². The van der Waals surface area contributed by atoms with Gasteiger partial charge < -0.3 is 9.63 Å².